The molecule has 0 bridgehead atoms. The van der Waals surface area contributed by atoms with Crippen LogP contribution in [0, 0.1) is 31.1 Å². The Morgan fingerprint density at radius 1 is 1.00 bits per heavy atom. The van der Waals surface area contributed by atoms with Gasteiger partial charge in [-0.2, -0.15) is 5.26 Å². The lowest BCUT2D eigenvalue weighted by atomic mass is 9.83. The third-order valence-electron chi connectivity index (χ3n) is 5.72. The topological polar surface area (TPSA) is 108 Å². The Bertz CT molecular complexity index is 1130. The molecule has 0 aliphatic carbocycles. The number of hydrogen-bond donors (Lipinski definition) is 1. The van der Waals surface area contributed by atoms with Crippen LogP contribution in [0.5, 0.6) is 0 Å². The van der Waals surface area contributed by atoms with E-state index in [4.69, 9.17) is 4.74 Å². The molecule has 0 aromatic heterocycles. The highest BCUT2D eigenvalue weighted by Gasteiger charge is 2.42. The fraction of sp³-hybridized carbons (Fsp3) is 0.308. The molecular weight excluding hydrogens is 420 g/mol. The summed E-state index contributed by atoms with van der Waals surface area (Å²) >= 11 is 0. The van der Waals surface area contributed by atoms with Crippen molar-refractivity contribution < 1.29 is 24.2 Å². The van der Waals surface area contributed by atoms with Crippen LogP contribution in [0.25, 0.3) is 0 Å². The molecule has 1 aliphatic heterocycles. The van der Waals surface area contributed by atoms with Crippen LogP contribution in [-0.4, -0.2) is 47.0 Å². The number of ether oxygens (including phenoxy) is 1. The smallest absolute Gasteiger partial charge is 0.338 e. The number of hydrogen-bond acceptors (Lipinski definition) is 6. The number of aliphatic hydroxyl groups excluding tert-OH is 1. The van der Waals surface area contributed by atoms with Gasteiger partial charge in [-0.15, -0.1) is 0 Å². The van der Waals surface area contributed by atoms with Crippen LogP contribution in [0.2, 0.25) is 0 Å². The van der Waals surface area contributed by atoms with Crippen LogP contribution in [0.15, 0.2) is 59.7 Å². The van der Waals surface area contributed by atoms with Gasteiger partial charge in [0, 0.05) is 12.1 Å². The van der Waals surface area contributed by atoms with Gasteiger partial charge >= 0.3 is 5.97 Å². The summed E-state index contributed by atoms with van der Waals surface area (Å²) in [5.74, 6) is -2.66. The molecule has 0 fully saturated rings. The maximum absolute atomic E-state index is 13.2. The molecule has 7 nitrogen and oxygen atoms in total. The van der Waals surface area contributed by atoms with Crippen molar-refractivity contribution in [2.45, 2.75) is 33.4 Å². The molecule has 1 N–H and O–H groups in total. The second kappa shape index (κ2) is 10.2. The van der Waals surface area contributed by atoms with E-state index in [0.29, 0.717) is 11.1 Å². The molecule has 1 heterocycles. The normalized spacial score (nSPS) is 18.2. The third kappa shape index (κ3) is 5.18. The fourth-order valence-electron chi connectivity index (χ4n) is 3.73. The highest BCUT2D eigenvalue weighted by molar-refractivity contribution is 6.13. The van der Waals surface area contributed by atoms with Crippen LogP contribution in [0.4, 0.5) is 0 Å². The summed E-state index contributed by atoms with van der Waals surface area (Å²) in [5.41, 5.74) is 3.02. The van der Waals surface area contributed by atoms with E-state index < -0.39 is 29.8 Å². The SMILES string of the molecule is CC1=C(C#N)[C@@H](O)N(CCCOC(=O)c2ccc(C)cc2)C(=O)[C@H]1C(=O)c1ccc(C)cc1. The molecule has 2 aromatic carbocycles. The molecule has 0 unspecified atom stereocenters. The van der Waals surface area contributed by atoms with E-state index in [1.54, 1.807) is 36.4 Å². The van der Waals surface area contributed by atoms with E-state index in [1.807, 2.05) is 32.0 Å². The number of carbonyl (C=O) groups is 3. The zero-order valence-corrected chi connectivity index (χ0v) is 18.9. The number of ketones is 1. The van der Waals surface area contributed by atoms with E-state index in [2.05, 4.69) is 0 Å². The molecule has 2 aromatic rings. The van der Waals surface area contributed by atoms with Crippen molar-refractivity contribution in [1.82, 2.24) is 4.90 Å². The maximum atomic E-state index is 13.2. The largest absolute Gasteiger partial charge is 0.462 e. The molecule has 7 heteroatoms. The fourth-order valence-corrected chi connectivity index (χ4v) is 3.73. The van der Waals surface area contributed by atoms with Gasteiger partial charge in [-0.25, -0.2) is 4.79 Å². The minimum atomic E-state index is -1.45. The van der Waals surface area contributed by atoms with E-state index in [0.717, 1.165) is 16.0 Å². The monoisotopic (exact) mass is 446 g/mol. The van der Waals surface area contributed by atoms with E-state index in [-0.39, 0.29) is 30.7 Å². The molecule has 1 amide bonds. The number of nitriles is 1. The van der Waals surface area contributed by atoms with Gasteiger partial charge in [0.05, 0.1) is 23.8 Å². The van der Waals surface area contributed by atoms with E-state index in [9.17, 15) is 24.8 Å². The first-order chi connectivity index (χ1) is 15.7. The highest BCUT2D eigenvalue weighted by atomic mass is 16.5. The Hall–Kier alpha value is -3.76. The predicted molar refractivity (Wildman–Crippen MR) is 121 cm³/mol. The molecule has 0 saturated heterocycles. The van der Waals surface area contributed by atoms with Crippen LogP contribution < -0.4 is 0 Å². The van der Waals surface area contributed by atoms with Gasteiger partial charge in [0.2, 0.25) is 5.91 Å². The second-order valence-corrected chi connectivity index (χ2v) is 8.13. The van der Waals surface area contributed by atoms with Gasteiger partial charge in [0.1, 0.15) is 5.92 Å². The van der Waals surface area contributed by atoms with Crippen molar-refractivity contribution in [2.75, 3.05) is 13.2 Å². The number of carbonyl (C=O) groups excluding carboxylic acids is 3. The first-order valence-electron chi connectivity index (χ1n) is 10.7. The van der Waals surface area contributed by atoms with Gasteiger partial charge < -0.3 is 14.7 Å². The van der Waals surface area contributed by atoms with Gasteiger partial charge in [0.25, 0.3) is 0 Å². The Balaban J connectivity index is 1.70. The molecule has 2 atom stereocenters. The average Bonchev–Trinajstić information content (AvgIpc) is 2.79. The zero-order chi connectivity index (χ0) is 24.1. The summed E-state index contributed by atoms with van der Waals surface area (Å²) in [6, 6.07) is 15.7. The number of aliphatic hydroxyl groups is 1. The molecule has 3 rings (SSSR count). The average molecular weight is 447 g/mol. The van der Waals surface area contributed by atoms with Crippen molar-refractivity contribution in [1.29, 1.82) is 5.26 Å². The maximum Gasteiger partial charge on any atom is 0.338 e. The number of rotatable bonds is 7. The summed E-state index contributed by atoms with van der Waals surface area (Å²) in [6.07, 6.45) is -1.21. The lowest BCUT2D eigenvalue weighted by Gasteiger charge is -2.36. The number of esters is 1. The molecule has 0 radical (unpaired) electrons. The van der Waals surface area contributed by atoms with Crippen LogP contribution >= 0.6 is 0 Å². The standard InChI is InChI=1S/C26H26N2O5/c1-16-5-9-19(10-6-16)23(29)22-18(3)21(15-27)24(30)28(25(22)31)13-4-14-33-26(32)20-11-7-17(2)8-12-20/h5-12,22,24,30H,4,13-14H2,1-3H3/t22-,24-/m1/s1. The van der Waals surface area contributed by atoms with Crippen molar-refractivity contribution in [2.24, 2.45) is 5.92 Å². The minimum absolute atomic E-state index is 0.0169. The summed E-state index contributed by atoms with van der Waals surface area (Å²) in [6.45, 7) is 5.38. The van der Waals surface area contributed by atoms with Crippen molar-refractivity contribution in [3.8, 4) is 6.07 Å². The minimum Gasteiger partial charge on any atom is -0.462 e. The first kappa shape index (κ1) is 23.9. The Kier molecular flexibility index (Phi) is 7.41. The molecule has 170 valence electrons. The van der Waals surface area contributed by atoms with Crippen LogP contribution in [0.1, 0.15) is 45.2 Å². The number of amides is 1. The Labute approximate surface area is 192 Å². The summed E-state index contributed by atoms with van der Waals surface area (Å²) in [4.78, 5) is 39.5. The highest BCUT2D eigenvalue weighted by Crippen LogP contribution is 2.31. The number of nitrogens with zero attached hydrogens (tertiary/aromatic N) is 2. The number of Topliss-reactive ketones (excluding diaryl/α,β-unsaturated/α-hetero) is 1. The molecule has 0 saturated carbocycles. The molecule has 0 spiro atoms. The summed E-state index contributed by atoms with van der Waals surface area (Å²) in [5, 5.41) is 20.1. The van der Waals surface area contributed by atoms with Crippen LogP contribution in [0.3, 0.4) is 0 Å². The van der Waals surface area contributed by atoms with E-state index >= 15 is 0 Å². The first-order valence-corrected chi connectivity index (χ1v) is 10.7. The van der Waals surface area contributed by atoms with Gasteiger partial charge in [-0.05, 0) is 44.9 Å². The molecule has 1 aliphatic rings. The quantitative estimate of drug-likeness (QED) is 0.302. The Morgan fingerprint density at radius 3 is 2.09 bits per heavy atom. The molecule has 33 heavy (non-hydrogen) atoms. The van der Waals surface area contributed by atoms with E-state index in [1.165, 1.54) is 6.92 Å². The van der Waals surface area contributed by atoms with Gasteiger partial charge in [0.15, 0.2) is 12.0 Å². The van der Waals surface area contributed by atoms with Gasteiger partial charge in [-0.1, -0.05) is 47.5 Å². The predicted octanol–water partition coefficient (Wildman–Crippen LogP) is 3.35. The summed E-state index contributed by atoms with van der Waals surface area (Å²) in [7, 11) is 0. The zero-order valence-electron chi connectivity index (χ0n) is 18.9. The molecular formula is C26H26N2O5. The van der Waals surface area contributed by atoms with Crippen molar-refractivity contribution in [3.05, 3.63) is 81.9 Å². The number of benzene rings is 2. The van der Waals surface area contributed by atoms with Crippen molar-refractivity contribution >= 4 is 17.7 Å². The van der Waals surface area contributed by atoms with Crippen LogP contribution in [-0.2, 0) is 9.53 Å². The lowest BCUT2D eigenvalue weighted by Crippen LogP contribution is -2.51. The number of aryl methyl sites for hydroxylation is 2. The second-order valence-electron chi connectivity index (χ2n) is 8.13. The lowest BCUT2D eigenvalue weighted by molar-refractivity contribution is -0.142. The van der Waals surface area contributed by atoms with Gasteiger partial charge in [-0.3, -0.25) is 9.59 Å². The third-order valence-corrected chi connectivity index (χ3v) is 5.72. The Morgan fingerprint density at radius 2 is 1.55 bits per heavy atom. The van der Waals surface area contributed by atoms with Crippen molar-refractivity contribution in [3.63, 3.8) is 0 Å². The summed E-state index contributed by atoms with van der Waals surface area (Å²) < 4.78 is 5.26.